The zero-order valence-corrected chi connectivity index (χ0v) is 15.5. The smallest absolute Gasteiger partial charge is 0.135 e. The molecular weight excluding hydrogens is 316 g/mol. The summed E-state index contributed by atoms with van der Waals surface area (Å²) in [5, 5.41) is 3.83. The maximum absolute atomic E-state index is 6.10. The van der Waals surface area contributed by atoms with Gasteiger partial charge < -0.3 is 4.42 Å². The Bertz CT molecular complexity index is 1110. The molecule has 0 unspecified atom stereocenters. The third-order valence-electron chi connectivity index (χ3n) is 6.18. The Morgan fingerprint density at radius 1 is 0.885 bits per heavy atom. The summed E-state index contributed by atoms with van der Waals surface area (Å²) < 4.78 is 6.10. The first-order valence-corrected chi connectivity index (χ1v) is 9.74. The van der Waals surface area contributed by atoms with Crippen LogP contribution in [0.1, 0.15) is 48.5 Å². The van der Waals surface area contributed by atoms with Crippen LogP contribution in [0.4, 0.5) is 0 Å². The van der Waals surface area contributed by atoms with Crippen molar-refractivity contribution in [2.24, 2.45) is 0 Å². The van der Waals surface area contributed by atoms with Gasteiger partial charge in [0.05, 0.1) is 0 Å². The fourth-order valence-electron chi connectivity index (χ4n) is 4.70. The first kappa shape index (κ1) is 15.7. The van der Waals surface area contributed by atoms with Gasteiger partial charge in [-0.3, -0.25) is 0 Å². The molecule has 0 saturated heterocycles. The third-order valence-corrected chi connectivity index (χ3v) is 6.18. The number of rotatable bonds is 2. The van der Waals surface area contributed by atoms with Gasteiger partial charge in [-0.15, -0.1) is 0 Å². The van der Waals surface area contributed by atoms with Crippen LogP contribution in [-0.2, 0) is 0 Å². The van der Waals surface area contributed by atoms with E-state index in [1.165, 1.54) is 64.1 Å². The fraction of sp³-hybridized carbons (Fsp3) is 0.280. The van der Waals surface area contributed by atoms with Gasteiger partial charge in [0.15, 0.2) is 0 Å². The number of hydrogen-bond acceptors (Lipinski definition) is 1. The van der Waals surface area contributed by atoms with Gasteiger partial charge in [0.1, 0.15) is 11.3 Å². The summed E-state index contributed by atoms with van der Waals surface area (Å²) in [4.78, 5) is 0. The monoisotopic (exact) mass is 340 g/mol. The Hall–Kier alpha value is -2.54. The lowest BCUT2D eigenvalue weighted by atomic mass is 9.89. The molecule has 3 aromatic carbocycles. The van der Waals surface area contributed by atoms with E-state index in [-0.39, 0.29) is 0 Å². The molecule has 0 bridgehead atoms. The van der Waals surface area contributed by atoms with Gasteiger partial charge in [0.25, 0.3) is 0 Å². The zero-order chi connectivity index (χ0) is 17.7. The van der Waals surface area contributed by atoms with E-state index in [1.54, 1.807) is 0 Å². The predicted molar refractivity (Wildman–Crippen MR) is 110 cm³/mol. The Morgan fingerprint density at radius 3 is 2.54 bits per heavy atom. The number of aryl methyl sites for hydroxylation is 2. The standard InChI is InChI=1S/C25H24O/c1-16-17(2)26-23-15-20-10-5-6-13-22(20)25(24(16)23)21-12-7-11-19(14-21)18-8-3-4-9-18/h5-7,10-15,18H,3-4,8-9H2,1-2H3. The van der Waals surface area contributed by atoms with Gasteiger partial charge in [-0.05, 0) is 66.1 Å². The van der Waals surface area contributed by atoms with Crippen LogP contribution in [0.15, 0.2) is 59.0 Å². The molecular formula is C25H24O. The SMILES string of the molecule is Cc1oc2cc3ccccc3c(-c3cccc(C4CCCC4)c3)c2c1C. The lowest BCUT2D eigenvalue weighted by molar-refractivity contribution is 0.575. The first-order valence-electron chi connectivity index (χ1n) is 9.74. The highest BCUT2D eigenvalue weighted by Gasteiger charge is 2.20. The molecule has 5 rings (SSSR count). The second kappa shape index (κ2) is 6.02. The van der Waals surface area contributed by atoms with Crippen LogP contribution in [0.2, 0.25) is 0 Å². The molecule has 4 aromatic rings. The zero-order valence-electron chi connectivity index (χ0n) is 15.5. The van der Waals surface area contributed by atoms with Crippen LogP contribution < -0.4 is 0 Å². The highest BCUT2D eigenvalue weighted by atomic mass is 16.3. The second-order valence-corrected chi connectivity index (χ2v) is 7.74. The van der Waals surface area contributed by atoms with Crippen molar-refractivity contribution in [1.82, 2.24) is 0 Å². The average Bonchev–Trinajstić information content (AvgIpc) is 3.29. The normalized spacial score (nSPS) is 15.3. The maximum Gasteiger partial charge on any atom is 0.135 e. The van der Waals surface area contributed by atoms with Crippen molar-refractivity contribution in [3.8, 4) is 11.1 Å². The van der Waals surface area contributed by atoms with Crippen LogP contribution in [0.5, 0.6) is 0 Å². The van der Waals surface area contributed by atoms with Crippen LogP contribution in [0.3, 0.4) is 0 Å². The molecule has 1 nitrogen and oxygen atoms in total. The molecule has 1 saturated carbocycles. The van der Waals surface area contributed by atoms with E-state index in [0.717, 1.165) is 17.3 Å². The Kier molecular flexibility index (Phi) is 3.63. The minimum Gasteiger partial charge on any atom is -0.461 e. The summed E-state index contributed by atoms with van der Waals surface area (Å²) in [5.41, 5.74) is 6.40. The van der Waals surface area contributed by atoms with E-state index in [9.17, 15) is 0 Å². The summed E-state index contributed by atoms with van der Waals surface area (Å²) in [6, 6.07) is 20.1. The molecule has 130 valence electrons. The Labute approximate surface area is 154 Å². The molecule has 0 amide bonds. The number of furan rings is 1. The second-order valence-electron chi connectivity index (χ2n) is 7.74. The highest BCUT2D eigenvalue weighted by molar-refractivity contribution is 6.12. The highest BCUT2D eigenvalue weighted by Crippen LogP contribution is 2.42. The molecule has 1 aliphatic rings. The summed E-state index contributed by atoms with van der Waals surface area (Å²) in [6.07, 6.45) is 5.40. The van der Waals surface area contributed by atoms with Gasteiger partial charge in [-0.1, -0.05) is 61.4 Å². The first-order chi connectivity index (χ1) is 12.7. The summed E-state index contributed by atoms with van der Waals surface area (Å²) in [5.74, 6) is 1.75. The molecule has 1 heterocycles. The molecule has 0 aliphatic heterocycles. The average molecular weight is 340 g/mol. The quantitative estimate of drug-likeness (QED) is 0.367. The molecule has 1 aromatic heterocycles. The van der Waals surface area contributed by atoms with Crippen LogP contribution in [-0.4, -0.2) is 0 Å². The van der Waals surface area contributed by atoms with Gasteiger partial charge in [-0.25, -0.2) is 0 Å². The van der Waals surface area contributed by atoms with E-state index in [2.05, 4.69) is 68.4 Å². The third kappa shape index (κ3) is 2.38. The molecule has 0 N–H and O–H groups in total. The fourth-order valence-corrected chi connectivity index (χ4v) is 4.70. The molecule has 26 heavy (non-hydrogen) atoms. The van der Waals surface area contributed by atoms with Gasteiger partial charge in [0.2, 0.25) is 0 Å². The molecule has 1 fully saturated rings. The summed E-state index contributed by atoms with van der Waals surface area (Å²) in [7, 11) is 0. The number of fused-ring (bicyclic) bond motifs is 2. The Morgan fingerprint density at radius 2 is 1.69 bits per heavy atom. The lowest BCUT2D eigenvalue weighted by Gasteiger charge is -2.14. The van der Waals surface area contributed by atoms with Crippen LogP contribution >= 0.6 is 0 Å². The minimum atomic E-state index is 0.729. The maximum atomic E-state index is 6.10. The van der Waals surface area contributed by atoms with Crippen molar-refractivity contribution < 1.29 is 4.42 Å². The van der Waals surface area contributed by atoms with Crippen molar-refractivity contribution >= 4 is 21.7 Å². The molecule has 0 radical (unpaired) electrons. The van der Waals surface area contributed by atoms with Crippen LogP contribution in [0.25, 0.3) is 32.9 Å². The van der Waals surface area contributed by atoms with Gasteiger partial charge >= 0.3 is 0 Å². The Balaban J connectivity index is 1.83. The van der Waals surface area contributed by atoms with Gasteiger partial charge in [0, 0.05) is 10.9 Å². The summed E-state index contributed by atoms with van der Waals surface area (Å²) in [6.45, 7) is 4.25. The topological polar surface area (TPSA) is 13.1 Å². The minimum absolute atomic E-state index is 0.729. The van der Waals surface area contributed by atoms with E-state index in [4.69, 9.17) is 4.42 Å². The van der Waals surface area contributed by atoms with Gasteiger partial charge in [-0.2, -0.15) is 0 Å². The van der Waals surface area contributed by atoms with Crippen molar-refractivity contribution in [2.75, 3.05) is 0 Å². The van der Waals surface area contributed by atoms with Crippen molar-refractivity contribution in [1.29, 1.82) is 0 Å². The van der Waals surface area contributed by atoms with E-state index in [0.29, 0.717) is 0 Å². The molecule has 1 aliphatic carbocycles. The largest absolute Gasteiger partial charge is 0.461 e. The van der Waals surface area contributed by atoms with Crippen molar-refractivity contribution in [2.45, 2.75) is 45.4 Å². The predicted octanol–water partition coefficient (Wildman–Crippen LogP) is 7.53. The molecule has 0 atom stereocenters. The number of benzene rings is 3. The van der Waals surface area contributed by atoms with Crippen molar-refractivity contribution in [3.05, 3.63) is 71.5 Å². The molecule has 0 spiro atoms. The van der Waals surface area contributed by atoms with Crippen molar-refractivity contribution in [3.63, 3.8) is 0 Å². The summed E-state index contributed by atoms with van der Waals surface area (Å²) >= 11 is 0. The van der Waals surface area contributed by atoms with E-state index >= 15 is 0 Å². The van der Waals surface area contributed by atoms with Crippen LogP contribution in [0, 0.1) is 13.8 Å². The van der Waals surface area contributed by atoms with E-state index < -0.39 is 0 Å². The lowest BCUT2D eigenvalue weighted by Crippen LogP contribution is -1.93. The van der Waals surface area contributed by atoms with E-state index in [1.807, 2.05) is 0 Å². The number of hydrogen-bond donors (Lipinski definition) is 0. The molecule has 1 heteroatoms.